The fraction of sp³-hybridized carbons (Fsp3) is 0.833. The van der Waals surface area contributed by atoms with Gasteiger partial charge < -0.3 is 21.1 Å². The second-order valence-corrected chi connectivity index (χ2v) is 4.97. The fourth-order valence-electron chi connectivity index (χ4n) is 2.14. The van der Waals surface area contributed by atoms with Gasteiger partial charge in [0.2, 0.25) is 0 Å². The number of hydrogen-bond donors (Lipinski definition) is 3. The number of nitrogens with two attached hydrogens (primary N) is 1. The average molecular weight is 257 g/mol. The van der Waals surface area contributed by atoms with Gasteiger partial charge in [0.15, 0.2) is 0 Å². The van der Waals surface area contributed by atoms with Crippen LogP contribution in [0.2, 0.25) is 0 Å². The molecule has 0 aromatic rings. The molecule has 0 spiro atoms. The molecule has 1 aliphatic heterocycles. The molecule has 1 fully saturated rings. The van der Waals surface area contributed by atoms with Crippen LogP contribution in [0.4, 0.5) is 4.79 Å². The molecule has 2 atom stereocenters. The van der Waals surface area contributed by atoms with E-state index < -0.39 is 5.97 Å². The molecule has 104 valence electrons. The van der Waals surface area contributed by atoms with Crippen molar-refractivity contribution in [2.45, 2.75) is 38.6 Å². The second kappa shape index (κ2) is 7.20. The van der Waals surface area contributed by atoms with E-state index in [1.165, 1.54) is 0 Å². The van der Waals surface area contributed by atoms with Crippen molar-refractivity contribution in [1.82, 2.24) is 10.2 Å². The first kappa shape index (κ1) is 14.8. The molecule has 2 unspecified atom stereocenters. The highest BCUT2D eigenvalue weighted by Crippen LogP contribution is 2.14. The molecule has 0 aromatic carbocycles. The molecular weight excluding hydrogens is 234 g/mol. The summed E-state index contributed by atoms with van der Waals surface area (Å²) in [5.41, 5.74) is 5.58. The number of carbonyl (C=O) groups excluding carboxylic acids is 1. The molecule has 0 aromatic heterocycles. The number of hydrogen-bond acceptors (Lipinski definition) is 3. The zero-order chi connectivity index (χ0) is 13.5. The Bertz CT molecular complexity index is 296. The van der Waals surface area contributed by atoms with Crippen molar-refractivity contribution < 1.29 is 14.7 Å². The molecule has 1 rings (SSSR count). The summed E-state index contributed by atoms with van der Waals surface area (Å²) in [6.07, 6.45) is 2.39. The van der Waals surface area contributed by atoms with E-state index in [0.29, 0.717) is 25.3 Å². The third kappa shape index (κ3) is 4.91. The van der Waals surface area contributed by atoms with Crippen LogP contribution in [0.3, 0.4) is 0 Å². The Balaban J connectivity index is 2.21. The molecule has 6 nitrogen and oxygen atoms in total. The quantitative estimate of drug-likeness (QED) is 0.650. The number of carboxylic acid groups (broad SMARTS) is 1. The summed E-state index contributed by atoms with van der Waals surface area (Å²) in [6.45, 7) is 4.01. The lowest BCUT2D eigenvalue weighted by Crippen LogP contribution is -2.43. The van der Waals surface area contributed by atoms with Crippen molar-refractivity contribution in [3.63, 3.8) is 0 Å². The van der Waals surface area contributed by atoms with Crippen LogP contribution in [0.25, 0.3) is 0 Å². The van der Waals surface area contributed by atoms with E-state index in [1.807, 2.05) is 6.92 Å². The third-order valence-electron chi connectivity index (χ3n) is 3.30. The first-order valence-corrected chi connectivity index (χ1v) is 6.50. The van der Waals surface area contributed by atoms with E-state index in [-0.39, 0.29) is 18.5 Å². The summed E-state index contributed by atoms with van der Waals surface area (Å²) in [5.74, 6) is -0.378. The van der Waals surface area contributed by atoms with Gasteiger partial charge in [-0.15, -0.1) is 0 Å². The molecule has 1 aliphatic rings. The van der Waals surface area contributed by atoms with Gasteiger partial charge in [-0.2, -0.15) is 0 Å². The van der Waals surface area contributed by atoms with Gasteiger partial charge in [-0.1, -0.05) is 0 Å². The molecule has 0 saturated carbocycles. The van der Waals surface area contributed by atoms with Crippen molar-refractivity contribution in [2.75, 3.05) is 19.6 Å². The van der Waals surface area contributed by atoms with Gasteiger partial charge in [-0.05, 0) is 38.6 Å². The first-order chi connectivity index (χ1) is 8.52. The number of urea groups is 1. The van der Waals surface area contributed by atoms with Crippen LogP contribution < -0.4 is 11.1 Å². The van der Waals surface area contributed by atoms with E-state index in [1.54, 1.807) is 4.90 Å². The average Bonchev–Trinajstić information content (AvgIpc) is 2.76. The Morgan fingerprint density at radius 2 is 2.28 bits per heavy atom. The molecule has 0 radical (unpaired) electrons. The van der Waals surface area contributed by atoms with Crippen LogP contribution in [0.5, 0.6) is 0 Å². The Hall–Kier alpha value is -1.30. The monoisotopic (exact) mass is 257 g/mol. The zero-order valence-electron chi connectivity index (χ0n) is 10.9. The summed E-state index contributed by atoms with van der Waals surface area (Å²) < 4.78 is 0. The SMILES string of the molecule is CC(CCCC(=O)O)NC(=O)N1CCC(CN)C1. The lowest BCUT2D eigenvalue weighted by Gasteiger charge is -2.20. The Morgan fingerprint density at radius 1 is 1.56 bits per heavy atom. The topological polar surface area (TPSA) is 95.7 Å². The van der Waals surface area contributed by atoms with E-state index in [9.17, 15) is 9.59 Å². The lowest BCUT2D eigenvalue weighted by molar-refractivity contribution is -0.137. The summed E-state index contributed by atoms with van der Waals surface area (Å²) in [7, 11) is 0. The summed E-state index contributed by atoms with van der Waals surface area (Å²) in [6, 6.07) is -0.0532. The van der Waals surface area contributed by atoms with E-state index in [2.05, 4.69) is 5.32 Å². The van der Waals surface area contributed by atoms with Gasteiger partial charge in [-0.3, -0.25) is 4.79 Å². The molecule has 1 saturated heterocycles. The number of rotatable bonds is 6. The van der Waals surface area contributed by atoms with Crippen LogP contribution >= 0.6 is 0 Å². The normalized spacial score (nSPS) is 20.8. The maximum absolute atomic E-state index is 11.9. The number of likely N-dealkylation sites (tertiary alicyclic amines) is 1. The number of carbonyl (C=O) groups is 2. The zero-order valence-corrected chi connectivity index (χ0v) is 10.9. The fourth-order valence-corrected chi connectivity index (χ4v) is 2.14. The minimum Gasteiger partial charge on any atom is -0.481 e. The predicted molar refractivity (Wildman–Crippen MR) is 68.2 cm³/mol. The van der Waals surface area contributed by atoms with Crippen molar-refractivity contribution in [3.8, 4) is 0 Å². The molecule has 0 bridgehead atoms. The van der Waals surface area contributed by atoms with Gasteiger partial charge >= 0.3 is 12.0 Å². The van der Waals surface area contributed by atoms with E-state index in [0.717, 1.165) is 19.5 Å². The summed E-state index contributed by atoms with van der Waals surface area (Å²) in [4.78, 5) is 24.0. The third-order valence-corrected chi connectivity index (χ3v) is 3.30. The van der Waals surface area contributed by atoms with Crippen LogP contribution in [0, 0.1) is 5.92 Å². The number of carboxylic acids is 1. The number of nitrogens with one attached hydrogen (secondary N) is 1. The van der Waals surface area contributed by atoms with Crippen LogP contribution in [-0.4, -0.2) is 47.7 Å². The first-order valence-electron chi connectivity index (χ1n) is 6.50. The van der Waals surface area contributed by atoms with Crippen molar-refractivity contribution >= 4 is 12.0 Å². The van der Waals surface area contributed by atoms with Crippen LogP contribution in [0.15, 0.2) is 0 Å². The van der Waals surface area contributed by atoms with Crippen molar-refractivity contribution in [3.05, 3.63) is 0 Å². The number of amides is 2. The van der Waals surface area contributed by atoms with Gasteiger partial charge in [-0.25, -0.2) is 4.79 Å². The lowest BCUT2D eigenvalue weighted by atomic mass is 10.1. The Labute approximate surface area is 108 Å². The summed E-state index contributed by atoms with van der Waals surface area (Å²) >= 11 is 0. The summed E-state index contributed by atoms with van der Waals surface area (Å²) in [5, 5.41) is 11.4. The maximum Gasteiger partial charge on any atom is 0.317 e. The number of nitrogens with zero attached hydrogens (tertiary/aromatic N) is 1. The molecule has 4 N–H and O–H groups in total. The smallest absolute Gasteiger partial charge is 0.317 e. The largest absolute Gasteiger partial charge is 0.481 e. The molecule has 2 amide bonds. The van der Waals surface area contributed by atoms with Crippen LogP contribution in [0.1, 0.15) is 32.6 Å². The van der Waals surface area contributed by atoms with Gasteiger partial charge in [0, 0.05) is 25.6 Å². The highest BCUT2D eigenvalue weighted by atomic mass is 16.4. The highest BCUT2D eigenvalue weighted by Gasteiger charge is 2.25. The molecular formula is C12H23N3O3. The highest BCUT2D eigenvalue weighted by molar-refractivity contribution is 5.74. The van der Waals surface area contributed by atoms with Gasteiger partial charge in [0.05, 0.1) is 0 Å². The van der Waals surface area contributed by atoms with Gasteiger partial charge in [0.1, 0.15) is 0 Å². The van der Waals surface area contributed by atoms with Gasteiger partial charge in [0.25, 0.3) is 0 Å². The molecule has 0 aliphatic carbocycles. The minimum atomic E-state index is -0.793. The van der Waals surface area contributed by atoms with Crippen LogP contribution in [-0.2, 0) is 4.79 Å². The number of aliphatic carboxylic acids is 1. The molecule has 1 heterocycles. The Morgan fingerprint density at radius 3 is 2.83 bits per heavy atom. The standard InChI is InChI=1S/C12H23N3O3/c1-9(3-2-4-11(16)17)14-12(18)15-6-5-10(7-13)8-15/h9-10H,2-8,13H2,1H3,(H,14,18)(H,16,17). The van der Waals surface area contributed by atoms with E-state index >= 15 is 0 Å². The second-order valence-electron chi connectivity index (χ2n) is 4.97. The maximum atomic E-state index is 11.9. The van der Waals surface area contributed by atoms with Crippen molar-refractivity contribution in [2.24, 2.45) is 11.7 Å². The molecule has 6 heteroatoms. The molecule has 18 heavy (non-hydrogen) atoms. The minimum absolute atomic E-state index is 0.00813. The Kier molecular flexibility index (Phi) is 5.91. The predicted octanol–water partition coefficient (Wildman–Crippen LogP) is 0.620. The van der Waals surface area contributed by atoms with E-state index in [4.69, 9.17) is 10.8 Å². The van der Waals surface area contributed by atoms with Crippen molar-refractivity contribution in [1.29, 1.82) is 0 Å².